The predicted octanol–water partition coefficient (Wildman–Crippen LogP) is 2.13. The maximum absolute atomic E-state index is 12.9. The average molecular weight is 328 g/mol. The Morgan fingerprint density at radius 1 is 1.21 bits per heavy atom. The molecule has 0 radical (unpaired) electrons. The van der Waals surface area contributed by atoms with E-state index in [1.54, 1.807) is 11.7 Å². The van der Waals surface area contributed by atoms with E-state index in [1.807, 2.05) is 44.2 Å². The van der Waals surface area contributed by atoms with Crippen molar-refractivity contribution in [2.24, 2.45) is 0 Å². The first kappa shape index (κ1) is 16.7. The molecule has 0 atom stereocenters. The molecule has 1 aromatic heterocycles. The number of methoxy groups -OCH3 is 1. The van der Waals surface area contributed by atoms with Gasteiger partial charge in [-0.2, -0.15) is 0 Å². The molecule has 24 heavy (non-hydrogen) atoms. The largest absolute Gasteiger partial charge is 0.383 e. The van der Waals surface area contributed by atoms with Gasteiger partial charge in [0.25, 0.3) is 5.56 Å². The molecule has 1 aliphatic rings. The summed E-state index contributed by atoms with van der Waals surface area (Å²) in [6.45, 7) is 6.54. The molecule has 1 aliphatic heterocycles. The second-order valence-electron chi connectivity index (χ2n) is 6.00. The molecule has 0 saturated carbocycles. The van der Waals surface area contributed by atoms with Crippen LogP contribution in [0, 0.1) is 6.92 Å². The van der Waals surface area contributed by atoms with Crippen molar-refractivity contribution >= 4 is 11.6 Å². The lowest BCUT2D eigenvalue weighted by Crippen LogP contribution is -2.48. The molecule has 0 fully saturated rings. The van der Waals surface area contributed by atoms with Crippen molar-refractivity contribution in [3.8, 4) is 0 Å². The molecule has 6 heteroatoms. The number of ether oxygens (including phenoxy) is 1. The SMILES string of the molecule is CCc1c(C)nc2n(c1=O)CN(CCOC)CN2c1ccccc1. The highest BCUT2D eigenvalue weighted by molar-refractivity contribution is 5.58. The van der Waals surface area contributed by atoms with Crippen molar-refractivity contribution in [1.82, 2.24) is 14.5 Å². The zero-order chi connectivity index (χ0) is 17.1. The molecule has 0 bridgehead atoms. The van der Waals surface area contributed by atoms with E-state index in [-0.39, 0.29) is 5.56 Å². The third kappa shape index (κ3) is 3.07. The molecule has 2 aromatic rings. The molecule has 2 heterocycles. The first-order valence-corrected chi connectivity index (χ1v) is 8.30. The summed E-state index contributed by atoms with van der Waals surface area (Å²) in [6.07, 6.45) is 0.696. The highest BCUT2D eigenvalue weighted by Crippen LogP contribution is 2.27. The lowest BCUT2D eigenvalue weighted by atomic mass is 10.2. The van der Waals surface area contributed by atoms with E-state index in [4.69, 9.17) is 9.72 Å². The van der Waals surface area contributed by atoms with Gasteiger partial charge in [0, 0.05) is 30.6 Å². The van der Waals surface area contributed by atoms with Crippen molar-refractivity contribution < 1.29 is 4.74 Å². The van der Waals surface area contributed by atoms with Gasteiger partial charge >= 0.3 is 0 Å². The predicted molar refractivity (Wildman–Crippen MR) is 94.6 cm³/mol. The lowest BCUT2D eigenvalue weighted by Gasteiger charge is -2.38. The first-order valence-electron chi connectivity index (χ1n) is 8.30. The molecule has 0 spiro atoms. The van der Waals surface area contributed by atoms with E-state index in [2.05, 4.69) is 9.80 Å². The summed E-state index contributed by atoms with van der Waals surface area (Å²) in [4.78, 5) is 21.9. The van der Waals surface area contributed by atoms with Crippen LogP contribution >= 0.6 is 0 Å². The number of hydrogen-bond acceptors (Lipinski definition) is 5. The van der Waals surface area contributed by atoms with Crippen LogP contribution < -0.4 is 10.5 Å². The van der Waals surface area contributed by atoms with Crippen molar-refractivity contribution in [3.63, 3.8) is 0 Å². The van der Waals surface area contributed by atoms with Crippen molar-refractivity contribution in [3.05, 3.63) is 51.9 Å². The maximum Gasteiger partial charge on any atom is 0.259 e. The summed E-state index contributed by atoms with van der Waals surface area (Å²) < 4.78 is 6.98. The quantitative estimate of drug-likeness (QED) is 0.841. The number of fused-ring (bicyclic) bond motifs is 1. The van der Waals surface area contributed by atoms with Gasteiger partial charge in [0.2, 0.25) is 5.95 Å². The monoisotopic (exact) mass is 328 g/mol. The van der Waals surface area contributed by atoms with E-state index < -0.39 is 0 Å². The highest BCUT2D eigenvalue weighted by atomic mass is 16.5. The van der Waals surface area contributed by atoms with Crippen LogP contribution in [0.5, 0.6) is 0 Å². The van der Waals surface area contributed by atoms with Crippen LogP contribution in [0.4, 0.5) is 11.6 Å². The molecule has 3 rings (SSSR count). The number of hydrogen-bond donors (Lipinski definition) is 0. The van der Waals surface area contributed by atoms with Crippen LogP contribution in [0.3, 0.4) is 0 Å². The zero-order valence-corrected chi connectivity index (χ0v) is 14.5. The summed E-state index contributed by atoms with van der Waals surface area (Å²) >= 11 is 0. The topological polar surface area (TPSA) is 50.6 Å². The van der Waals surface area contributed by atoms with Gasteiger partial charge in [-0.05, 0) is 25.5 Å². The minimum atomic E-state index is 0.0584. The van der Waals surface area contributed by atoms with Crippen LogP contribution in [-0.2, 0) is 17.8 Å². The molecule has 0 N–H and O–H groups in total. The Hall–Kier alpha value is -2.18. The number of rotatable bonds is 5. The minimum absolute atomic E-state index is 0.0584. The Morgan fingerprint density at radius 2 is 1.96 bits per heavy atom. The van der Waals surface area contributed by atoms with E-state index in [0.717, 1.165) is 29.4 Å². The van der Waals surface area contributed by atoms with Crippen LogP contribution in [0.1, 0.15) is 18.2 Å². The normalized spacial score (nSPS) is 14.7. The summed E-state index contributed by atoms with van der Waals surface area (Å²) in [7, 11) is 1.69. The molecule has 6 nitrogen and oxygen atoms in total. The first-order chi connectivity index (χ1) is 11.7. The Balaban J connectivity index is 2.09. The summed E-state index contributed by atoms with van der Waals surface area (Å²) in [5.41, 5.74) is 2.70. The van der Waals surface area contributed by atoms with Crippen LogP contribution in [0.2, 0.25) is 0 Å². The standard InChI is InChI=1S/C18H24N4O2/c1-4-16-14(2)19-18-21(15-8-6-5-7-9-15)12-20(10-11-24-3)13-22(18)17(16)23/h5-9H,4,10-13H2,1-3H3. The zero-order valence-electron chi connectivity index (χ0n) is 14.5. The third-order valence-corrected chi connectivity index (χ3v) is 4.41. The lowest BCUT2D eigenvalue weighted by molar-refractivity contribution is 0.121. The van der Waals surface area contributed by atoms with Gasteiger partial charge in [-0.1, -0.05) is 25.1 Å². The third-order valence-electron chi connectivity index (χ3n) is 4.41. The fraction of sp³-hybridized carbons (Fsp3) is 0.444. The fourth-order valence-corrected chi connectivity index (χ4v) is 3.10. The van der Waals surface area contributed by atoms with E-state index in [0.29, 0.717) is 26.4 Å². The minimum Gasteiger partial charge on any atom is -0.383 e. The van der Waals surface area contributed by atoms with Gasteiger partial charge in [-0.25, -0.2) is 4.98 Å². The average Bonchev–Trinajstić information content (AvgIpc) is 2.61. The maximum atomic E-state index is 12.9. The Kier molecular flexibility index (Phi) is 4.97. The number of aryl methyl sites for hydroxylation is 1. The van der Waals surface area contributed by atoms with Crippen molar-refractivity contribution in [1.29, 1.82) is 0 Å². The summed E-state index contributed by atoms with van der Waals surface area (Å²) in [6, 6.07) is 10.1. The molecule has 1 aromatic carbocycles. The summed E-state index contributed by atoms with van der Waals surface area (Å²) in [5, 5.41) is 0. The smallest absolute Gasteiger partial charge is 0.259 e. The Bertz CT molecular complexity index is 758. The number of para-hydroxylation sites is 1. The Morgan fingerprint density at radius 3 is 2.62 bits per heavy atom. The Labute approximate surface area is 142 Å². The molecule has 0 saturated heterocycles. The number of benzene rings is 1. The van der Waals surface area contributed by atoms with Crippen molar-refractivity contribution in [2.75, 3.05) is 31.8 Å². The molecule has 0 amide bonds. The van der Waals surface area contributed by atoms with Crippen molar-refractivity contribution in [2.45, 2.75) is 26.9 Å². The number of aromatic nitrogens is 2. The van der Waals surface area contributed by atoms with Crippen LogP contribution in [-0.4, -0.2) is 41.4 Å². The van der Waals surface area contributed by atoms with Gasteiger partial charge < -0.3 is 4.74 Å². The van der Waals surface area contributed by atoms with Gasteiger partial charge in [0.15, 0.2) is 0 Å². The van der Waals surface area contributed by atoms with E-state index >= 15 is 0 Å². The molecular weight excluding hydrogens is 304 g/mol. The van der Waals surface area contributed by atoms with Gasteiger partial charge in [-0.3, -0.25) is 19.2 Å². The van der Waals surface area contributed by atoms with Gasteiger partial charge in [0.05, 0.1) is 19.9 Å². The highest BCUT2D eigenvalue weighted by Gasteiger charge is 2.27. The number of anilines is 2. The molecular formula is C18H24N4O2. The van der Waals surface area contributed by atoms with Gasteiger partial charge in [0.1, 0.15) is 0 Å². The van der Waals surface area contributed by atoms with Crippen LogP contribution in [0.15, 0.2) is 35.1 Å². The van der Waals surface area contributed by atoms with Gasteiger partial charge in [-0.15, -0.1) is 0 Å². The molecule has 128 valence electrons. The summed E-state index contributed by atoms with van der Waals surface area (Å²) in [5.74, 6) is 0.717. The fourth-order valence-electron chi connectivity index (χ4n) is 3.10. The van der Waals surface area contributed by atoms with E-state index in [1.165, 1.54) is 0 Å². The molecule has 0 aliphatic carbocycles. The second kappa shape index (κ2) is 7.15. The van der Waals surface area contributed by atoms with Crippen LogP contribution in [0.25, 0.3) is 0 Å². The molecule has 0 unspecified atom stereocenters. The number of nitrogens with zero attached hydrogens (tertiary/aromatic N) is 4. The second-order valence-corrected chi connectivity index (χ2v) is 6.00. The van der Waals surface area contributed by atoms with E-state index in [9.17, 15) is 4.79 Å².